The lowest BCUT2D eigenvalue weighted by molar-refractivity contribution is 0.101. The van der Waals surface area contributed by atoms with Gasteiger partial charge in [-0.25, -0.2) is 8.78 Å². The maximum Gasteiger partial charge on any atom is 0.277 e. The number of carbonyl (C=O) groups excluding carboxylic acids is 1. The van der Waals surface area contributed by atoms with Gasteiger partial charge in [0.2, 0.25) is 0 Å². The summed E-state index contributed by atoms with van der Waals surface area (Å²) in [5, 5.41) is 7.27. The van der Waals surface area contributed by atoms with Crippen LogP contribution < -0.4 is 5.32 Å². The Bertz CT molecular complexity index is 1120. The highest BCUT2D eigenvalue weighted by Gasteiger charge is 2.16. The van der Waals surface area contributed by atoms with E-state index >= 15 is 0 Å². The summed E-state index contributed by atoms with van der Waals surface area (Å²) in [5.41, 5.74) is 1.43. The van der Waals surface area contributed by atoms with Crippen molar-refractivity contribution in [2.24, 2.45) is 0 Å². The Hall–Kier alpha value is -3.19. The molecule has 4 rings (SSSR count). The highest BCUT2D eigenvalue weighted by molar-refractivity contribution is 6.30. The fourth-order valence-electron chi connectivity index (χ4n) is 2.54. The van der Waals surface area contributed by atoms with Crippen molar-refractivity contribution < 1.29 is 18.1 Å². The van der Waals surface area contributed by atoms with Crippen LogP contribution >= 0.6 is 11.6 Å². The summed E-state index contributed by atoms with van der Waals surface area (Å²) in [4.78, 5) is 15.1. The average molecular weight is 374 g/mol. The Morgan fingerprint density at radius 3 is 2.62 bits per heavy atom. The number of aromatic amines is 1. The topological polar surface area (TPSA) is 70.9 Å². The Balaban J connectivity index is 1.59. The quantitative estimate of drug-likeness (QED) is 0.530. The van der Waals surface area contributed by atoms with E-state index in [1.807, 2.05) is 0 Å². The number of hydrogen-bond acceptors (Lipinski definition) is 3. The molecule has 0 radical (unpaired) electrons. The van der Waals surface area contributed by atoms with Gasteiger partial charge in [-0.05, 0) is 30.3 Å². The van der Waals surface area contributed by atoms with Gasteiger partial charge in [-0.15, -0.1) is 0 Å². The predicted molar refractivity (Wildman–Crippen MR) is 93.1 cm³/mol. The average Bonchev–Trinajstić information content (AvgIpc) is 3.25. The SMILES string of the molecule is O=C(Nc1c[nH]c2cc(F)c(F)cc12)c1cc(-c2ccc(Cl)cc2)on1. The maximum absolute atomic E-state index is 13.4. The lowest BCUT2D eigenvalue weighted by Crippen LogP contribution is -2.11. The fraction of sp³-hybridized carbons (Fsp3) is 0. The molecule has 0 unspecified atom stereocenters. The number of nitrogens with one attached hydrogen (secondary N) is 2. The third-order valence-corrected chi connectivity index (χ3v) is 4.09. The minimum atomic E-state index is -1.00. The van der Waals surface area contributed by atoms with Crippen LogP contribution in [-0.2, 0) is 0 Å². The zero-order chi connectivity index (χ0) is 18.3. The third kappa shape index (κ3) is 2.93. The van der Waals surface area contributed by atoms with Crippen molar-refractivity contribution in [3.63, 3.8) is 0 Å². The highest BCUT2D eigenvalue weighted by atomic mass is 35.5. The van der Waals surface area contributed by atoms with Crippen molar-refractivity contribution in [2.75, 3.05) is 5.32 Å². The Morgan fingerprint density at radius 2 is 1.85 bits per heavy atom. The molecule has 0 aliphatic heterocycles. The molecule has 0 fully saturated rings. The van der Waals surface area contributed by atoms with Crippen LogP contribution in [-0.4, -0.2) is 16.0 Å². The Kier molecular flexibility index (Phi) is 3.93. The van der Waals surface area contributed by atoms with Gasteiger partial charge in [0.25, 0.3) is 5.91 Å². The molecule has 0 aliphatic carbocycles. The molecular weight excluding hydrogens is 364 g/mol. The first-order valence-corrected chi connectivity index (χ1v) is 7.89. The number of halogens is 3. The minimum Gasteiger partial charge on any atom is -0.359 e. The van der Waals surface area contributed by atoms with Crippen molar-refractivity contribution in [2.45, 2.75) is 0 Å². The maximum atomic E-state index is 13.4. The van der Waals surface area contributed by atoms with Gasteiger partial charge in [0.15, 0.2) is 23.1 Å². The first-order chi connectivity index (χ1) is 12.5. The lowest BCUT2D eigenvalue weighted by Gasteiger charge is -2.01. The number of carbonyl (C=O) groups is 1. The van der Waals surface area contributed by atoms with Gasteiger partial charge in [-0.1, -0.05) is 16.8 Å². The Morgan fingerprint density at radius 1 is 1.12 bits per heavy atom. The van der Waals surface area contributed by atoms with E-state index in [0.717, 1.165) is 12.1 Å². The van der Waals surface area contributed by atoms with E-state index in [-0.39, 0.29) is 5.69 Å². The van der Waals surface area contributed by atoms with Crippen LogP contribution in [0.3, 0.4) is 0 Å². The molecule has 0 spiro atoms. The Labute approximate surface area is 150 Å². The second-order valence-electron chi connectivity index (χ2n) is 5.55. The molecule has 0 aliphatic rings. The van der Waals surface area contributed by atoms with E-state index in [9.17, 15) is 13.6 Å². The van der Waals surface area contributed by atoms with Crippen molar-refractivity contribution in [1.82, 2.24) is 10.1 Å². The van der Waals surface area contributed by atoms with E-state index in [1.54, 1.807) is 24.3 Å². The molecule has 0 bridgehead atoms. The molecule has 2 aromatic carbocycles. The summed E-state index contributed by atoms with van der Waals surface area (Å²) in [6, 6.07) is 10.4. The van der Waals surface area contributed by atoms with Crippen LogP contribution in [0.15, 0.2) is 53.2 Å². The monoisotopic (exact) mass is 373 g/mol. The summed E-state index contributed by atoms with van der Waals surface area (Å²) in [5.74, 6) is -2.11. The van der Waals surface area contributed by atoms with Gasteiger partial charge < -0.3 is 14.8 Å². The number of fused-ring (bicyclic) bond motifs is 1. The van der Waals surface area contributed by atoms with Gasteiger partial charge in [-0.3, -0.25) is 4.79 Å². The number of nitrogens with zero attached hydrogens (tertiary/aromatic N) is 1. The molecule has 8 heteroatoms. The molecule has 130 valence electrons. The second kappa shape index (κ2) is 6.27. The van der Waals surface area contributed by atoms with E-state index in [2.05, 4.69) is 15.5 Å². The summed E-state index contributed by atoms with van der Waals surface area (Å²) < 4.78 is 31.9. The zero-order valence-corrected chi connectivity index (χ0v) is 13.8. The number of H-pyrrole nitrogens is 1. The molecule has 4 aromatic rings. The van der Waals surface area contributed by atoms with E-state index in [1.165, 1.54) is 12.3 Å². The number of aromatic nitrogens is 2. The van der Waals surface area contributed by atoms with Crippen molar-refractivity contribution in [3.8, 4) is 11.3 Å². The van der Waals surface area contributed by atoms with Gasteiger partial charge in [-0.2, -0.15) is 0 Å². The fourth-order valence-corrected chi connectivity index (χ4v) is 2.66. The molecule has 5 nitrogen and oxygen atoms in total. The van der Waals surface area contributed by atoms with Gasteiger partial charge in [0.05, 0.1) is 11.2 Å². The summed E-state index contributed by atoms with van der Waals surface area (Å²) >= 11 is 5.84. The molecular formula is C18H10ClF2N3O2. The normalized spacial score (nSPS) is 11.0. The molecule has 2 N–H and O–H groups in total. The minimum absolute atomic E-state index is 0.0480. The number of rotatable bonds is 3. The summed E-state index contributed by atoms with van der Waals surface area (Å²) in [6.45, 7) is 0. The molecule has 0 saturated heterocycles. The van der Waals surface area contributed by atoms with Crippen LogP contribution in [0.5, 0.6) is 0 Å². The van der Waals surface area contributed by atoms with Gasteiger partial charge in [0, 0.05) is 34.3 Å². The van der Waals surface area contributed by atoms with Crippen LogP contribution in [0.2, 0.25) is 5.02 Å². The predicted octanol–water partition coefficient (Wildman–Crippen LogP) is 5.01. The van der Waals surface area contributed by atoms with Crippen molar-refractivity contribution in [3.05, 3.63) is 71.0 Å². The molecule has 2 heterocycles. The number of anilines is 1. The number of hydrogen-bond donors (Lipinski definition) is 2. The van der Waals surface area contributed by atoms with Crippen LogP contribution in [0.25, 0.3) is 22.2 Å². The molecule has 26 heavy (non-hydrogen) atoms. The standard InChI is InChI=1S/C18H10ClF2N3O2/c19-10-3-1-9(2-4-10)17-7-15(24-26-17)18(25)23-16-8-22-14-6-13(21)12(20)5-11(14)16/h1-8,22H,(H,23,25). The first kappa shape index (κ1) is 16.3. The number of amides is 1. The summed E-state index contributed by atoms with van der Waals surface area (Å²) in [7, 11) is 0. The van der Waals surface area contributed by atoms with Crippen molar-refractivity contribution in [1.29, 1.82) is 0 Å². The van der Waals surface area contributed by atoms with Gasteiger partial charge in [0.1, 0.15) is 0 Å². The number of benzene rings is 2. The van der Waals surface area contributed by atoms with Crippen LogP contribution in [0.4, 0.5) is 14.5 Å². The van der Waals surface area contributed by atoms with E-state index in [0.29, 0.717) is 32.9 Å². The largest absolute Gasteiger partial charge is 0.359 e. The molecule has 2 aromatic heterocycles. The lowest BCUT2D eigenvalue weighted by atomic mass is 10.1. The zero-order valence-electron chi connectivity index (χ0n) is 13.0. The van der Waals surface area contributed by atoms with Crippen LogP contribution in [0.1, 0.15) is 10.5 Å². The molecule has 1 amide bonds. The smallest absolute Gasteiger partial charge is 0.277 e. The molecule has 0 atom stereocenters. The van der Waals surface area contributed by atoms with Gasteiger partial charge >= 0.3 is 0 Å². The van der Waals surface area contributed by atoms with E-state index in [4.69, 9.17) is 16.1 Å². The highest BCUT2D eigenvalue weighted by Crippen LogP contribution is 2.27. The summed E-state index contributed by atoms with van der Waals surface area (Å²) in [6.07, 6.45) is 1.45. The first-order valence-electron chi connectivity index (χ1n) is 7.51. The van der Waals surface area contributed by atoms with E-state index < -0.39 is 17.5 Å². The molecule has 0 saturated carbocycles. The third-order valence-electron chi connectivity index (χ3n) is 3.84. The van der Waals surface area contributed by atoms with Crippen LogP contribution in [0, 0.1) is 11.6 Å². The van der Waals surface area contributed by atoms with Crippen molar-refractivity contribution >= 4 is 34.1 Å². The second-order valence-corrected chi connectivity index (χ2v) is 5.99.